The molecule has 1 amide bonds. The molecule has 0 unspecified atom stereocenters. The van der Waals surface area contributed by atoms with E-state index < -0.39 is 0 Å². The SMILES string of the molecule is CCN(C(=O)CCn1ccnn1)[C@H]1CCN([C@H](C)c2ccccc2)C1. The fraction of sp³-hybridized carbons (Fsp3) is 0.526. The summed E-state index contributed by atoms with van der Waals surface area (Å²) in [6.45, 7) is 7.64. The fourth-order valence-electron chi connectivity index (χ4n) is 3.66. The minimum atomic E-state index is 0.206. The summed E-state index contributed by atoms with van der Waals surface area (Å²) >= 11 is 0. The maximum absolute atomic E-state index is 12.6. The number of benzene rings is 1. The molecule has 0 aliphatic carbocycles. The Balaban J connectivity index is 1.56. The molecule has 6 nitrogen and oxygen atoms in total. The first-order valence-corrected chi connectivity index (χ1v) is 9.11. The molecular weight excluding hydrogens is 314 g/mol. The van der Waals surface area contributed by atoms with Crippen molar-refractivity contribution in [2.24, 2.45) is 0 Å². The van der Waals surface area contributed by atoms with Crippen LogP contribution in [0.25, 0.3) is 0 Å². The van der Waals surface area contributed by atoms with E-state index in [1.165, 1.54) is 5.56 Å². The van der Waals surface area contributed by atoms with Gasteiger partial charge in [-0.3, -0.25) is 14.4 Å². The lowest BCUT2D eigenvalue weighted by Crippen LogP contribution is -2.42. The standard InChI is InChI=1S/C19H27N5O/c1-3-24(19(25)10-13-23-14-11-20-21-23)18-9-12-22(15-18)16(2)17-7-5-4-6-8-17/h4-8,11,14,16,18H,3,9-10,12-13,15H2,1-2H3/t16-,18+/m1/s1. The molecule has 2 aromatic rings. The highest BCUT2D eigenvalue weighted by Crippen LogP contribution is 2.26. The van der Waals surface area contributed by atoms with Gasteiger partial charge in [0.05, 0.1) is 12.7 Å². The van der Waals surface area contributed by atoms with Gasteiger partial charge in [0.15, 0.2) is 0 Å². The van der Waals surface area contributed by atoms with E-state index in [4.69, 9.17) is 0 Å². The Morgan fingerprint density at radius 1 is 1.36 bits per heavy atom. The van der Waals surface area contributed by atoms with Gasteiger partial charge in [0.25, 0.3) is 0 Å². The number of hydrogen-bond donors (Lipinski definition) is 0. The zero-order valence-corrected chi connectivity index (χ0v) is 15.1. The van der Waals surface area contributed by atoms with Crippen LogP contribution in [0.2, 0.25) is 0 Å². The molecule has 2 heterocycles. The minimum Gasteiger partial charge on any atom is -0.339 e. The molecule has 1 fully saturated rings. The smallest absolute Gasteiger partial charge is 0.224 e. The lowest BCUT2D eigenvalue weighted by Gasteiger charge is -2.30. The highest BCUT2D eigenvalue weighted by molar-refractivity contribution is 5.76. The van der Waals surface area contributed by atoms with Gasteiger partial charge in [-0.15, -0.1) is 5.10 Å². The average Bonchev–Trinajstić information content (AvgIpc) is 3.33. The molecule has 2 atom stereocenters. The first-order chi connectivity index (χ1) is 12.2. The van der Waals surface area contributed by atoms with Gasteiger partial charge in [-0.1, -0.05) is 35.5 Å². The summed E-state index contributed by atoms with van der Waals surface area (Å²) in [4.78, 5) is 17.2. The summed E-state index contributed by atoms with van der Waals surface area (Å²) in [7, 11) is 0. The molecule has 25 heavy (non-hydrogen) atoms. The summed E-state index contributed by atoms with van der Waals surface area (Å²) in [6, 6.07) is 11.3. The molecule has 3 rings (SSSR count). The van der Waals surface area contributed by atoms with Crippen LogP contribution >= 0.6 is 0 Å². The van der Waals surface area contributed by atoms with Crippen molar-refractivity contribution in [2.45, 2.75) is 45.3 Å². The summed E-state index contributed by atoms with van der Waals surface area (Å²) in [5.74, 6) is 0.206. The van der Waals surface area contributed by atoms with Crippen molar-refractivity contribution in [1.29, 1.82) is 0 Å². The van der Waals surface area contributed by atoms with Crippen LogP contribution in [0.5, 0.6) is 0 Å². The van der Waals surface area contributed by atoms with E-state index in [0.717, 1.165) is 26.1 Å². The predicted octanol–water partition coefficient (Wildman–Crippen LogP) is 2.35. The molecule has 1 aromatic heterocycles. The number of likely N-dealkylation sites (tertiary alicyclic amines) is 1. The van der Waals surface area contributed by atoms with Gasteiger partial charge >= 0.3 is 0 Å². The van der Waals surface area contributed by atoms with Gasteiger partial charge < -0.3 is 4.90 Å². The molecule has 1 aliphatic rings. The number of aryl methyl sites for hydroxylation is 1. The lowest BCUT2D eigenvalue weighted by atomic mass is 10.1. The van der Waals surface area contributed by atoms with Crippen LogP contribution in [0, 0.1) is 0 Å². The molecule has 6 heteroatoms. The van der Waals surface area contributed by atoms with Crippen molar-refractivity contribution in [1.82, 2.24) is 24.8 Å². The van der Waals surface area contributed by atoms with Crippen LogP contribution in [-0.4, -0.2) is 56.4 Å². The van der Waals surface area contributed by atoms with E-state index in [0.29, 0.717) is 25.0 Å². The Morgan fingerprint density at radius 2 is 2.16 bits per heavy atom. The highest BCUT2D eigenvalue weighted by Gasteiger charge is 2.32. The number of amides is 1. The monoisotopic (exact) mass is 341 g/mol. The molecule has 0 bridgehead atoms. The van der Waals surface area contributed by atoms with Crippen LogP contribution in [0.3, 0.4) is 0 Å². The molecule has 0 spiro atoms. The summed E-state index contributed by atoms with van der Waals surface area (Å²) in [5.41, 5.74) is 1.34. The minimum absolute atomic E-state index is 0.206. The molecule has 0 saturated carbocycles. The van der Waals surface area contributed by atoms with E-state index in [1.54, 1.807) is 17.1 Å². The Labute approximate surface area is 149 Å². The van der Waals surface area contributed by atoms with Crippen molar-refractivity contribution in [2.75, 3.05) is 19.6 Å². The number of carbonyl (C=O) groups is 1. The first kappa shape index (κ1) is 17.6. The van der Waals surface area contributed by atoms with Crippen LogP contribution < -0.4 is 0 Å². The molecule has 134 valence electrons. The second-order valence-corrected chi connectivity index (χ2v) is 6.62. The van der Waals surface area contributed by atoms with E-state index in [-0.39, 0.29) is 5.91 Å². The molecular formula is C19H27N5O. The van der Waals surface area contributed by atoms with Crippen molar-refractivity contribution >= 4 is 5.91 Å². The number of rotatable bonds is 7. The Kier molecular flexibility index (Phi) is 5.81. The fourth-order valence-corrected chi connectivity index (χ4v) is 3.66. The number of carbonyl (C=O) groups excluding carboxylic acids is 1. The second kappa shape index (κ2) is 8.25. The zero-order valence-electron chi connectivity index (χ0n) is 15.1. The van der Waals surface area contributed by atoms with Gasteiger partial charge in [0.1, 0.15) is 0 Å². The number of hydrogen-bond acceptors (Lipinski definition) is 4. The lowest BCUT2D eigenvalue weighted by molar-refractivity contribution is -0.133. The number of aromatic nitrogens is 3. The van der Waals surface area contributed by atoms with Gasteiger partial charge in [0.2, 0.25) is 5.91 Å². The van der Waals surface area contributed by atoms with Crippen molar-refractivity contribution < 1.29 is 4.79 Å². The van der Waals surface area contributed by atoms with Gasteiger partial charge in [-0.05, 0) is 25.8 Å². The Morgan fingerprint density at radius 3 is 2.84 bits per heavy atom. The quantitative estimate of drug-likeness (QED) is 0.776. The zero-order chi connectivity index (χ0) is 17.6. The average molecular weight is 341 g/mol. The summed E-state index contributed by atoms with van der Waals surface area (Å²) in [6.07, 6.45) is 4.95. The maximum Gasteiger partial charge on any atom is 0.224 e. The van der Waals surface area contributed by atoms with Crippen LogP contribution in [0.1, 0.15) is 38.3 Å². The second-order valence-electron chi connectivity index (χ2n) is 6.62. The number of likely N-dealkylation sites (N-methyl/N-ethyl adjacent to an activating group) is 1. The predicted molar refractivity (Wildman–Crippen MR) is 96.9 cm³/mol. The van der Waals surface area contributed by atoms with Gasteiger partial charge in [0, 0.05) is 44.3 Å². The van der Waals surface area contributed by atoms with Crippen molar-refractivity contribution in [3.05, 3.63) is 48.3 Å². The molecule has 1 aliphatic heterocycles. The molecule has 0 N–H and O–H groups in total. The Hall–Kier alpha value is -2.21. The van der Waals surface area contributed by atoms with Crippen LogP contribution in [0.15, 0.2) is 42.7 Å². The van der Waals surface area contributed by atoms with Crippen molar-refractivity contribution in [3.63, 3.8) is 0 Å². The third kappa shape index (κ3) is 4.25. The van der Waals surface area contributed by atoms with E-state index >= 15 is 0 Å². The van der Waals surface area contributed by atoms with Crippen LogP contribution in [0.4, 0.5) is 0 Å². The van der Waals surface area contributed by atoms with Gasteiger partial charge in [-0.25, -0.2) is 0 Å². The summed E-state index contributed by atoms with van der Waals surface area (Å²) in [5, 5.41) is 7.71. The molecule has 0 radical (unpaired) electrons. The van der Waals surface area contributed by atoms with Crippen molar-refractivity contribution in [3.8, 4) is 0 Å². The molecule has 1 aromatic carbocycles. The first-order valence-electron chi connectivity index (χ1n) is 9.11. The highest BCUT2D eigenvalue weighted by atomic mass is 16.2. The maximum atomic E-state index is 12.6. The Bertz CT molecular complexity index is 658. The summed E-state index contributed by atoms with van der Waals surface area (Å²) < 4.78 is 1.71. The third-order valence-corrected chi connectivity index (χ3v) is 5.15. The van der Waals surface area contributed by atoms with E-state index in [1.807, 2.05) is 4.90 Å². The largest absolute Gasteiger partial charge is 0.339 e. The number of nitrogens with zero attached hydrogens (tertiary/aromatic N) is 5. The van der Waals surface area contributed by atoms with E-state index in [2.05, 4.69) is 59.4 Å². The van der Waals surface area contributed by atoms with E-state index in [9.17, 15) is 4.79 Å². The topological polar surface area (TPSA) is 54.3 Å². The molecule has 1 saturated heterocycles. The van der Waals surface area contributed by atoms with Crippen LogP contribution in [-0.2, 0) is 11.3 Å². The third-order valence-electron chi connectivity index (χ3n) is 5.15. The normalized spacial score (nSPS) is 19.0. The van der Waals surface area contributed by atoms with Gasteiger partial charge in [-0.2, -0.15) is 0 Å².